The molecule has 0 aliphatic heterocycles. The predicted octanol–water partition coefficient (Wildman–Crippen LogP) is 9.15. The van der Waals surface area contributed by atoms with E-state index < -0.39 is 11.9 Å². The SMILES string of the molecule is CCOc1cc(/C=N\NC(=O)c2ccc(NC(=O)c3sc4cc(Cl)ccc4c3Cl)cc2)ccc1OC(=O)c1ccc(Cl)cc1Cl. The smallest absolute Gasteiger partial charge is 0.345 e. The van der Waals surface area contributed by atoms with E-state index in [1.54, 1.807) is 67.6 Å². The summed E-state index contributed by atoms with van der Waals surface area (Å²) >= 11 is 25.7. The monoisotopic (exact) mass is 699 g/mol. The van der Waals surface area contributed by atoms with Gasteiger partial charge in [-0.15, -0.1) is 11.3 Å². The molecule has 0 aliphatic rings. The topological polar surface area (TPSA) is 106 Å². The van der Waals surface area contributed by atoms with E-state index in [9.17, 15) is 14.4 Å². The molecular weight excluding hydrogens is 680 g/mol. The summed E-state index contributed by atoms with van der Waals surface area (Å²) in [7, 11) is 0. The number of esters is 1. The Hall–Kier alpha value is -4.12. The number of halogens is 4. The Bertz CT molecular complexity index is 1960. The molecule has 4 aromatic carbocycles. The van der Waals surface area contributed by atoms with E-state index in [1.165, 1.54) is 35.8 Å². The lowest BCUT2D eigenvalue weighted by atomic mass is 10.2. The molecule has 0 unspecified atom stereocenters. The maximum Gasteiger partial charge on any atom is 0.345 e. The normalized spacial score (nSPS) is 11.0. The number of hydrogen-bond acceptors (Lipinski definition) is 7. The van der Waals surface area contributed by atoms with Crippen molar-refractivity contribution in [1.29, 1.82) is 0 Å². The van der Waals surface area contributed by atoms with Gasteiger partial charge in [-0.2, -0.15) is 5.10 Å². The lowest BCUT2D eigenvalue weighted by molar-refractivity contribution is 0.0728. The number of amides is 2. The zero-order valence-electron chi connectivity index (χ0n) is 23.2. The highest BCUT2D eigenvalue weighted by molar-refractivity contribution is 7.21. The van der Waals surface area contributed by atoms with Crippen LogP contribution >= 0.6 is 57.7 Å². The summed E-state index contributed by atoms with van der Waals surface area (Å²) in [5.41, 5.74) is 3.98. The number of hydrazone groups is 1. The third-order valence-electron chi connectivity index (χ3n) is 6.20. The van der Waals surface area contributed by atoms with Crippen LogP contribution in [-0.4, -0.2) is 30.6 Å². The minimum absolute atomic E-state index is 0.151. The van der Waals surface area contributed by atoms with Gasteiger partial charge >= 0.3 is 5.97 Å². The Morgan fingerprint density at radius 3 is 2.31 bits per heavy atom. The number of thiophene rings is 1. The highest BCUT2D eigenvalue weighted by atomic mass is 35.5. The van der Waals surface area contributed by atoms with Crippen LogP contribution in [0.15, 0.2) is 84.0 Å². The average Bonchev–Trinajstić information content (AvgIpc) is 3.34. The molecule has 0 radical (unpaired) electrons. The molecule has 5 aromatic rings. The van der Waals surface area contributed by atoms with E-state index in [2.05, 4.69) is 15.8 Å². The van der Waals surface area contributed by atoms with Crippen molar-refractivity contribution in [3.8, 4) is 11.5 Å². The van der Waals surface area contributed by atoms with E-state index in [-0.39, 0.29) is 22.2 Å². The molecule has 2 N–H and O–H groups in total. The third-order valence-corrected chi connectivity index (χ3v) is 8.64. The number of nitrogens with one attached hydrogen (secondary N) is 2. The van der Waals surface area contributed by atoms with Gasteiger partial charge in [0.05, 0.1) is 28.4 Å². The maximum atomic E-state index is 12.9. The van der Waals surface area contributed by atoms with Crippen LogP contribution in [0.4, 0.5) is 5.69 Å². The lowest BCUT2D eigenvalue weighted by Gasteiger charge is -2.12. The molecule has 0 saturated carbocycles. The largest absolute Gasteiger partial charge is 0.490 e. The molecular formula is C32H21Cl4N3O5S. The van der Waals surface area contributed by atoms with E-state index in [0.717, 1.165) is 10.1 Å². The number of fused-ring (bicyclic) bond motifs is 1. The van der Waals surface area contributed by atoms with Gasteiger partial charge in [-0.3, -0.25) is 9.59 Å². The first-order chi connectivity index (χ1) is 21.6. The molecule has 0 saturated heterocycles. The fourth-order valence-electron chi connectivity index (χ4n) is 4.08. The van der Waals surface area contributed by atoms with Crippen LogP contribution in [0.2, 0.25) is 20.1 Å². The van der Waals surface area contributed by atoms with Crippen molar-refractivity contribution in [2.24, 2.45) is 5.10 Å². The van der Waals surface area contributed by atoms with Gasteiger partial charge in [0.15, 0.2) is 11.5 Å². The quantitative estimate of drug-likeness (QED) is 0.0690. The van der Waals surface area contributed by atoms with Crippen LogP contribution in [0.25, 0.3) is 10.1 Å². The van der Waals surface area contributed by atoms with Gasteiger partial charge in [-0.1, -0.05) is 52.5 Å². The number of benzene rings is 4. The number of carbonyl (C=O) groups excluding carboxylic acids is 3. The second-order valence-electron chi connectivity index (χ2n) is 9.27. The van der Waals surface area contributed by atoms with Gasteiger partial charge in [0.25, 0.3) is 11.8 Å². The van der Waals surface area contributed by atoms with E-state index in [1.807, 2.05) is 0 Å². The Morgan fingerprint density at radius 2 is 1.58 bits per heavy atom. The number of rotatable bonds is 9. The predicted molar refractivity (Wildman–Crippen MR) is 180 cm³/mol. The van der Waals surface area contributed by atoms with Crippen molar-refractivity contribution in [1.82, 2.24) is 5.43 Å². The van der Waals surface area contributed by atoms with E-state index in [0.29, 0.717) is 49.1 Å². The average molecular weight is 701 g/mol. The van der Waals surface area contributed by atoms with Crippen molar-refractivity contribution in [3.05, 3.63) is 121 Å². The molecule has 0 fully saturated rings. The summed E-state index contributed by atoms with van der Waals surface area (Å²) in [5.74, 6) is -1.04. The first kappa shape index (κ1) is 32.3. The number of anilines is 1. The standard InChI is InChI=1S/C32H21Cl4N3O5S/c1-2-43-26-13-17(3-12-25(26)44-32(42)22-10-6-19(33)14-24(22)35)16-37-39-30(40)18-4-8-21(9-5-18)38-31(41)29-28(36)23-11-7-20(34)15-27(23)45-29/h3-16H,2H2,1H3,(H,38,41)(H,39,40)/b37-16-. The first-order valence-corrected chi connectivity index (χ1v) is 15.5. The van der Waals surface area contributed by atoms with Crippen molar-refractivity contribution in [2.75, 3.05) is 11.9 Å². The zero-order valence-corrected chi connectivity index (χ0v) is 27.0. The van der Waals surface area contributed by atoms with Crippen LogP contribution in [0.5, 0.6) is 11.5 Å². The van der Waals surface area contributed by atoms with Gasteiger partial charge in [-0.25, -0.2) is 10.2 Å². The maximum absolute atomic E-state index is 12.9. The van der Waals surface area contributed by atoms with Gasteiger partial charge in [0.2, 0.25) is 0 Å². The molecule has 228 valence electrons. The zero-order chi connectivity index (χ0) is 32.1. The van der Waals surface area contributed by atoms with Crippen molar-refractivity contribution in [2.45, 2.75) is 6.92 Å². The minimum Gasteiger partial charge on any atom is -0.490 e. The second kappa shape index (κ2) is 14.3. The molecule has 5 rings (SSSR count). The summed E-state index contributed by atoms with van der Waals surface area (Å²) < 4.78 is 11.9. The Kier molecular flexibility index (Phi) is 10.3. The van der Waals surface area contributed by atoms with Crippen LogP contribution in [0.1, 0.15) is 42.9 Å². The minimum atomic E-state index is -0.675. The Morgan fingerprint density at radius 1 is 0.844 bits per heavy atom. The van der Waals surface area contributed by atoms with Crippen molar-refractivity contribution >= 4 is 97.5 Å². The number of nitrogens with zero attached hydrogens (tertiary/aromatic N) is 1. The molecule has 0 bridgehead atoms. The van der Waals surface area contributed by atoms with Crippen molar-refractivity contribution < 1.29 is 23.9 Å². The van der Waals surface area contributed by atoms with E-state index >= 15 is 0 Å². The molecule has 45 heavy (non-hydrogen) atoms. The summed E-state index contributed by atoms with van der Waals surface area (Å²) in [6.07, 6.45) is 1.42. The van der Waals surface area contributed by atoms with Gasteiger partial charge in [0, 0.05) is 31.4 Å². The molecule has 0 atom stereocenters. The van der Waals surface area contributed by atoms with Crippen LogP contribution in [0.3, 0.4) is 0 Å². The molecule has 13 heteroatoms. The summed E-state index contributed by atoms with van der Waals surface area (Å²) in [5, 5.41) is 9.01. The highest BCUT2D eigenvalue weighted by Crippen LogP contribution is 2.37. The van der Waals surface area contributed by atoms with Crippen molar-refractivity contribution in [3.63, 3.8) is 0 Å². The number of ether oxygens (including phenoxy) is 2. The van der Waals surface area contributed by atoms with Gasteiger partial charge in [0.1, 0.15) is 4.88 Å². The third kappa shape index (κ3) is 7.76. The molecule has 1 heterocycles. The second-order valence-corrected chi connectivity index (χ2v) is 12.0. The Balaban J connectivity index is 1.20. The van der Waals surface area contributed by atoms with Crippen LogP contribution in [0, 0.1) is 0 Å². The number of carbonyl (C=O) groups is 3. The lowest BCUT2D eigenvalue weighted by Crippen LogP contribution is -2.17. The summed E-state index contributed by atoms with van der Waals surface area (Å²) in [6, 6.07) is 20.8. The van der Waals surface area contributed by atoms with Gasteiger partial charge < -0.3 is 14.8 Å². The Labute approximate surface area is 281 Å². The summed E-state index contributed by atoms with van der Waals surface area (Å²) in [4.78, 5) is 38.5. The first-order valence-electron chi connectivity index (χ1n) is 13.2. The molecule has 0 spiro atoms. The van der Waals surface area contributed by atoms with Crippen LogP contribution < -0.4 is 20.2 Å². The number of hydrogen-bond donors (Lipinski definition) is 2. The molecule has 2 amide bonds. The molecule has 0 aliphatic carbocycles. The highest BCUT2D eigenvalue weighted by Gasteiger charge is 2.19. The molecule has 8 nitrogen and oxygen atoms in total. The fraction of sp³-hybridized carbons (Fsp3) is 0.0625. The van der Waals surface area contributed by atoms with E-state index in [4.69, 9.17) is 55.9 Å². The summed E-state index contributed by atoms with van der Waals surface area (Å²) in [6.45, 7) is 2.10. The molecule has 1 aromatic heterocycles. The van der Waals surface area contributed by atoms with Gasteiger partial charge in [-0.05, 0) is 85.3 Å². The van der Waals surface area contributed by atoms with Crippen LogP contribution in [-0.2, 0) is 0 Å². The fourth-order valence-corrected chi connectivity index (χ4v) is 6.25.